The van der Waals surface area contributed by atoms with Gasteiger partial charge in [-0.15, -0.1) is 0 Å². The number of hydrogen-bond acceptors (Lipinski definition) is 2. The fourth-order valence-electron chi connectivity index (χ4n) is 0.512. The number of carbonyl (C=O) groups is 1. The number of hydrogen-bond donors (Lipinski definition) is 1. The van der Waals surface area contributed by atoms with E-state index in [2.05, 4.69) is 0 Å². The summed E-state index contributed by atoms with van der Waals surface area (Å²) in [7, 11) is 0. The maximum atomic E-state index is 10.3. The Bertz CT molecular complexity index is 103. The van der Waals surface area contributed by atoms with Gasteiger partial charge in [0, 0.05) is 0 Å². The highest BCUT2D eigenvalue weighted by Gasteiger charge is 2.15. The van der Waals surface area contributed by atoms with Crippen LogP contribution in [-0.2, 0) is 4.79 Å². The number of nitrogens with one attached hydrogen (secondary N) is 1. The van der Waals surface area contributed by atoms with Gasteiger partial charge in [-0.1, -0.05) is 20.3 Å². The quantitative estimate of drug-likeness (QED) is 0.590. The van der Waals surface area contributed by atoms with E-state index in [4.69, 9.17) is 11.5 Å². The third-order valence-corrected chi connectivity index (χ3v) is 1.56. The first kappa shape index (κ1) is 8.43. The Balaban J connectivity index is 3.72. The minimum absolute atomic E-state index is 0.134. The Hall–Kier alpha value is -0.570. The molecule has 0 heterocycles. The van der Waals surface area contributed by atoms with Gasteiger partial charge in [0.25, 0.3) is 5.91 Å². The van der Waals surface area contributed by atoms with Crippen LogP contribution < -0.4 is 11.5 Å². The molecule has 9 heavy (non-hydrogen) atoms. The van der Waals surface area contributed by atoms with Crippen molar-refractivity contribution < 1.29 is 4.79 Å². The second-order valence-electron chi connectivity index (χ2n) is 2.28. The fourth-order valence-corrected chi connectivity index (χ4v) is 0.512. The molecule has 0 aliphatic rings. The fraction of sp³-hybridized carbons (Fsp3) is 0.833. The van der Waals surface area contributed by atoms with Crippen LogP contribution in [0.3, 0.4) is 0 Å². The van der Waals surface area contributed by atoms with E-state index in [-0.39, 0.29) is 5.92 Å². The van der Waals surface area contributed by atoms with Crippen molar-refractivity contribution in [3.05, 3.63) is 0 Å². The third-order valence-electron chi connectivity index (χ3n) is 1.56. The Morgan fingerprint density at radius 3 is 2.33 bits per heavy atom. The van der Waals surface area contributed by atoms with E-state index in [0.717, 1.165) is 6.42 Å². The van der Waals surface area contributed by atoms with Crippen LogP contribution in [0.1, 0.15) is 20.3 Å². The van der Waals surface area contributed by atoms with Gasteiger partial charge in [-0.25, -0.2) is 0 Å². The predicted molar refractivity (Wildman–Crippen MR) is 35.5 cm³/mol. The van der Waals surface area contributed by atoms with Gasteiger partial charge in [-0.3, -0.25) is 10.5 Å². The molecule has 0 fully saturated rings. The molecule has 3 nitrogen and oxygen atoms in total. The van der Waals surface area contributed by atoms with Crippen molar-refractivity contribution >= 4 is 5.91 Å². The Morgan fingerprint density at radius 1 is 1.78 bits per heavy atom. The van der Waals surface area contributed by atoms with Crippen molar-refractivity contribution in [1.29, 1.82) is 0 Å². The zero-order valence-corrected chi connectivity index (χ0v) is 5.85. The monoisotopic (exact) mass is 129 g/mol. The van der Waals surface area contributed by atoms with Crippen molar-refractivity contribution in [2.75, 3.05) is 0 Å². The van der Waals surface area contributed by atoms with E-state index < -0.39 is 11.9 Å². The van der Waals surface area contributed by atoms with Crippen LogP contribution >= 0.6 is 0 Å². The smallest absolute Gasteiger partial charge is 0.255 e. The average molecular weight is 129 g/mol. The lowest BCUT2D eigenvalue weighted by Crippen LogP contribution is -2.37. The highest BCUT2D eigenvalue weighted by Crippen LogP contribution is 2.03. The lowest BCUT2D eigenvalue weighted by molar-refractivity contribution is -0.120. The maximum absolute atomic E-state index is 10.3. The molecule has 0 spiro atoms. The summed E-state index contributed by atoms with van der Waals surface area (Å²) < 4.78 is 0. The summed E-state index contributed by atoms with van der Waals surface area (Å²) in [5, 5.41) is 0. The standard InChI is InChI=1S/C6H13N2O/c1-3-4(2)5(7)6(8)9/h4-5,8H,3,7H2,1-2H3. The van der Waals surface area contributed by atoms with Crippen molar-refractivity contribution in [1.82, 2.24) is 5.73 Å². The molecule has 0 saturated carbocycles. The van der Waals surface area contributed by atoms with E-state index in [1.54, 1.807) is 0 Å². The van der Waals surface area contributed by atoms with Crippen LogP contribution in [0.2, 0.25) is 0 Å². The highest BCUT2D eigenvalue weighted by molar-refractivity contribution is 5.79. The molecule has 1 amide bonds. The van der Waals surface area contributed by atoms with E-state index >= 15 is 0 Å². The van der Waals surface area contributed by atoms with Crippen LogP contribution in [-0.4, -0.2) is 11.9 Å². The van der Waals surface area contributed by atoms with Crippen molar-refractivity contribution in [3.8, 4) is 0 Å². The van der Waals surface area contributed by atoms with Crippen LogP contribution in [0.4, 0.5) is 0 Å². The van der Waals surface area contributed by atoms with Crippen LogP contribution in [0.15, 0.2) is 0 Å². The largest absolute Gasteiger partial charge is 0.320 e. The zero-order valence-electron chi connectivity index (χ0n) is 5.85. The third kappa shape index (κ3) is 2.46. The predicted octanol–water partition coefficient (Wildman–Crippen LogP) is 0.169. The lowest BCUT2D eigenvalue weighted by Gasteiger charge is -2.12. The molecule has 0 aromatic rings. The van der Waals surface area contributed by atoms with Crippen molar-refractivity contribution in [3.63, 3.8) is 0 Å². The van der Waals surface area contributed by atoms with Crippen LogP contribution in [0.5, 0.6) is 0 Å². The van der Waals surface area contributed by atoms with Gasteiger partial charge in [-0.2, -0.15) is 0 Å². The molecule has 2 unspecified atom stereocenters. The molecule has 0 aliphatic heterocycles. The Kier molecular flexibility index (Phi) is 3.24. The SMILES string of the molecule is CCC(C)C(N)C([NH])=O. The lowest BCUT2D eigenvalue weighted by atomic mass is 10.00. The number of rotatable bonds is 3. The number of carbonyl (C=O) groups excluding carboxylic acids is 1. The van der Waals surface area contributed by atoms with Gasteiger partial charge in [0.05, 0.1) is 6.04 Å². The highest BCUT2D eigenvalue weighted by atomic mass is 16.1. The van der Waals surface area contributed by atoms with E-state index in [9.17, 15) is 4.79 Å². The molecule has 0 rings (SSSR count). The minimum Gasteiger partial charge on any atom is -0.320 e. The minimum atomic E-state index is -0.663. The van der Waals surface area contributed by atoms with Crippen LogP contribution in [0.25, 0.3) is 0 Å². The molecule has 0 saturated heterocycles. The Morgan fingerprint density at radius 2 is 2.22 bits per heavy atom. The zero-order chi connectivity index (χ0) is 7.44. The Labute approximate surface area is 55.4 Å². The number of nitrogens with two attached hydrogens (primary N) is 1. The first-order chi connectivity index (χ1) is 4.09. The summed E-state index contributed by atoms with van der Waals surface area (Å²) in [5.41, 5.74) is 12.0. The molecule has 3 heteroatoms. The second kappa shape index (κ2) is 3.45. The van der Waals surface area contributed by atoms with Gasteiger partial charge < -0.3 is 5.73 Å². The summed E-state index contributed by atoms with van der Waals surface area (Å²) in [6.07, 6.45) is 0.853. The molecule has 0 aromatic heterocycles. The molecule has 53 valence electrons. The van der Waals surface area contributed by atoms with E-state index in [0.29, 0.717) is 0 Å². The summed E-state index contributed by atoms with van der Waals surface area (Å²) in [4.78, 5) is 10.3. The maximum Gasteiger partial charge on any atom is 0.255 e. The van der Waals surface area contributed by atoms with Crippen molar-refractivity contribution in [2.24, 2.45) is 11.7 Å². The van der Waals surface area contributed by atoms with Gasteiger partial charge >= 0.3 is 0 Å². The summed E-state index contributed by atoms with van der Waals surface area (Å²) in [6, 6.07) is -0.588. The first-order valence-electron chi connectivity index (χ1n) is 3.10. The number of amides is 1. The molecule has 0 bridgehead atoms. The van der Waals surface area contributed by atoms with Gasteiger partial charge in [0.1, 0.15) is 0 Å². The molecule has 0 aromatic carbocycles. The van der Waals surface area contributed by atoms with Gasteiger partial charge in [0.2, 0.25) is 0 Å². The summed E-state index contributed by atoms with van der Waals surface area (Å²) >= 11 is 0. The second-order valence-corrected chi connectivity index (χ2v) is 2.28. The van der Waals surface area contributed by atoms with E-state index in [1.807, 2.05) is 13.8 Å². The van der Waals surface area contributed by atoms with Crippen LogP contribution in [0, 0.1) is 5.92 Å². The first-order valence-corrected chi connectivity index (χ1v) is 3.10. The molecular formula is C6H13N2O. The molecule has 0 aliphatic carbocycles. The summed E-state index contributed by atoms with van der Waals surface area (Å²) in [6.45, 7) is 3.82. The molecule has 1 radical (unpaired) electrons. The van der Waals surface area contributed by atoms with Gasteiger partial charge in [0.15, 0.2) is 0 Å². The average Bonchev–Trinajstić information content (AvgIpc) is 1.84. The molecule has 2 atom stereocenters. The molecule has 3 N–H and O–H groups in total. The van der Waals surface area contributed by atoms with E-state index in [1.165, 1.54) is 0 Å². The van der Waals surface area contributed by atoms with Gasteiger partial charge in [-0.05, 0) is 5.92 Å². The van der Waals surface area contributed by atoms with Crippen molar-refractivity contribution in [2.45, 2.75) is 26.3 Å². The molecular weight excluding hydrogens is 116 g/mol. The topological polar surface area (TPSA) is 66.9 Å². The summed E-state index contributed by atoms with van der Waals surface area (Å²) in [5.74, 6) is -0.528. The normalized spacial score (nSPS) is 16.8.